The molecule has 5 heteroatoms. The number of hydrogen-bond acceptors (Lipinski definition) is 4. The summed E-state index contributed by atoms with van der Waals surface area (Å²) in [4.78, 5) is 14.1. The molecule has 0 bridgehead atoms. The Kier molecular flexibility index (Phi) is 2.44. The molecule has 0 saturated heterocycles. The molecule has 16 heavy (non-hydrogen) atoms. The zero-order valence-electron chi connectivity index (χ0n) is 9.45. The van der Waals surface area contributed by atoms with E-state index in [0.29, 0.717) is 17.7 Å². The summed E-state index contributed by atoms with van der Waals surface area (Å²) in [6.45, 7) is 1.45. The van der Waals surface area contributed by atoms with Crippen molar-refractivity contribution >= 4 is 5.82 Å². The smallest absolute Gasteiger partial charge is 0.256 e. The number of fused-ring (bicyclic) bond motifs is 1. The summed E-state index contributed by atoms with van der Waals surface area (Å²) < 4.78 is 1.36. The van der Waals surface area contributed by atoms with E-state index in [0.717, 1.165) is 18.5 Å². The van der Waals surface area contributed by atoms with Crippen LogP contribution in [0.15, 0.2) is 4.79 Å². The molecule has 0 aliphatic carbocycles. The monoisotopic (exact) mass is 218 g/mol. The molecule has 0 atom stereocenters. The molecule has 1 aliphatic heterocycles. The van der Waals surface area contributed by atoms with Gasteiger partial charge in [-0.3, -0.25) is 9.36 Å². The zero-order chi connectivity index (χ0) is 11.9. The zero-order valence-corrected chi connectivity index (χ0v) is 9.45. The third-order valence-corrected chi connectivity index (χ3v) is 3.13. The van der Waals surface area contributed by atoms with Crippen LogP contribution in [0.5, 0.6) is 0 Å². The van der Waals surface area contributed by atoms with Crippen molar-refractivity contribution in [2.24, 2.45) is 7.05 Å². The second kappa shape index (κ2) is 3.65. The van der Waals surface area contributed by atoms with E-state index >= 15 is 0 Å². The average Bonchev–Trinajstić information content (AvgIpc) is 2.28. The van der Waals surface area contributed by atoms with Gasteiger partial charge in [0.2, 0.25) is 0 Å². The lowest BCUT2D eigenvalue weighted by Crippen LogP contribution is -2.36. The van der Waals surface area contributed by atoms with E-state index in [4.69, 9.17) is 11.0 Å². The molecule has 2 rings (SSSR count). The highest BCUT2D eigenvalue weighted by Crippen LogP contribution is 2.22. The minimum Gasteiger partial charge on any atom is -0.384 e. The first kappa shape index (κ1) is 10.7. The van der Waals surface area contributed by atoms with E-state index in [9.17, 15) is 4.79 Å². The molecule has 0 amide bonds. The highest BCUT2D eigenvalue weighted by atomic mass is 16.1. The van der Waals surface area contributed by atoms with Crippen LogP contribution < -0.4 is 11.3 Å². The van der Waals surface area contributed by atoms with Crippen molar-refractivity contribution in [1.82, 2.24) is 9.47 Å². The van der Waals surface area contributed by atoms with E-state index in [-0.39, 0.29) is 11.4 Å². The quantitative estimate of drug-likeness (QED) is 0.656. The van der Waals surface area contributed by atoms with E-state index in [1.165, 1.54) is 4.57 Å². The Balaban J connectivity index is 2.78. The SMILES string of the molecule is CN1CCc2c(C#N)c(N)n(C)c(=O)c2C1. The predicted molar refractivity (Wildman–Crippen MR) is 60.8 cm³/mol. The van der Waals surface area contributed by atoms with Crippen LogP contribution in [0.4, 0.5) is 5.82 Å². The average molecular weight is 218 g/mol. The molecule has 0 unspecified atom stereocenters. The van der Waals surface area contributed by atoms with Crippen molar-refractivity contribution in [1.29, 1.82) is 5.26 Å². The minimum atomic E-state index is -0.0851. The van der Waals surface area contributed by atoms with Crippen LogP contribution in [0.25, 0.3) is 0 Å². The Bertz CT molecular complexity index is 538. The summed E-state index contributed by atoms with van der Waals surface area (Å²) in [5.74, 6) is 0.274. The summed E-state index contributed by atoms with van der Waals surface area (Å²) in [5.41, 5.74) is 7.70. The summed E-state index contributed by atoms with van der Waals surface area (Å²) in [6.07, 6.45) is 0.717. The first-order valence-corrected chi connectivity index (χ1v) is 5.15. The first-order valence-electron chi connectivity index (χ1n) is 5.15. The standard InChI is InChI=1S/C11H14N4O/c1-14-4-3-7-8(5-12)10(13)15(2)11(16)9(7)6-14/h3-4,6,13H2,1-2H3. The predicted octanol–water partition coefficient (Wildman–Crippen LogP) is -0.173. The topological polar surface area (TPSA) is 75.0 Å². The van der Waals surface area contributed by atoms with E-state index in [2.05, 4.69) is 11.0 Å². The largest absolute Gasteiger partial charge is 0.384 e. The maximum absolute atomic E-state index is 12.0. The first-order chi connectivity index (χ1) is 7.56. The lowest BCUT2D eigenvalue weighted by molar-refractivity contribution is 0.310. The van der Waals surface area contributed by atoms with Crippen LogP contribution in [0, 0.1) is 11.3 Å². The van der Waals surface area contributed by atoms with Gasteiger partial charge < -0.3 is 10.6 Å². The van der Waals surface area contributed by atoms with Crippen LogP contribution in [0.2, 0.25) is 0 Å². The molecular formula is C11H14N4O. The van der Waals surface area contributed by atoms with Crippen molar-refractivity contribution in [3.63, 3.8) is 0 Å². The van der Waals surface area contributed by atoms with Gasteiger partial charge >= 0.3 is 0 Å². The van der Waals surface area contributed by atoms with Crippen LogP contribution >= 0.6 is 0 Å². The van der Waals surface area contributed by atoms with Crippen LogP contribution in [0.3, 0.4) is 0 Å². The van der Waals surface area contributed by atoms with Gasteiger partial charge in [0.25, 0.3) is 5.56 Å². The van der Waals surface area contributed by atoms with Gasteiger partial charge in [0, 0.05) is 25.7 Å². The molecule has 2 N–H and O–H groups in total. The Labute approximate surface area is 93.7 Å². The summed E-state index contributed by atoms with van der Waals surface area (Å²) in [5, 5.41) is 9.10. The summed E-state index contributed by atoms with van der Waals surface area (Å²) in [6, 6.07) is 2.10. The highest BCUT2D eigenvalue weighted by molar-refractivity contribution is 5.56. The number of pyridine rings is 1. The van der Waals surface area contributed by atoms with Crippen molar-refractivity contribution in [2.75, 3.05) is 19.3 Å². The van der Waals surface area contributed by atoms with E-state index in [1.807, 2.05) is 7.05 Å². The molecule has 0 fully saturated rings. The van der Waals surface area contributed by atoms with Gasteiger partial charge in [0.05, 0.1) is 5.56 Å². The molecule has 0 aromatic carbocycles. The van der Waals surface area contributed by atoms with E-state index in [1.54, 1.807) is 7.05 Å². The Morgan fingerprint density at radius 1 is 1.38 bits per heavy atom. The summed E-state index contributed by atoms with van der Waals surface area (Å²) >= 11 is 0. The number of nitrogens with zero attached hydrogens (tertiary/aromatic N) is 3. The Morgan fingerprint density at radius 3 is 2.69 bits per heavy atom. The normalized spacial score (nSPS) is 15.6. The summed E-state index contributed by atoms with van der Waals surface area (Å²) in [7, 11) is 3.57. The third kappa shape index (κ3) is 1.39. The second-order valence-electron chi connectivity index (χ2n) is 4.18. The molecule has 0 spiro atoms. The number of nitrogens with two attached hydrogens (primary N) is 1. The molecule has 0 radical (unpaired) electrons. The molecule has 84 valence electrons. The Morgan fingerprint density at radius 2 is 2.06 bits per heavy atom. The van der Waals surface area contributed by atoms with Crippen LogP contribution in [-0.2, 0) is 20.0 Å². The molecule has 2 heterocycles. The lowest BCUT2D eigenvalue weighted by atomic mass is 9.96. The van der Waals surface area contributed by atoms with Gasteiger partial charge in [-0.15, -0.1) is 0 Å². The maximum Gasteiger partial charge on any atom is 0.256 e. The molecule has 5 nitrogen and oxygen atoms in total. The fourth-order valence-corrected chi connectivity index (χ4v) is 2.13. The van der Waals surface area contributed by atoms with Crippen molar-refractivity contribution in [2.45, 2.75) is 13.0 Å². The lowest BCUT2D eigenvalue weighted by Gasteiger charge is -2.26. The van der Waals surface area contributed by atoms with Crippen LogP contribution in [-0.4, -0.2) is 23.1 Å². The number of nitriles is 1. The number of nitrogen functional groups attached to an aromatic ring is 1. The minimum absolute atomic E-state index is 0.0851. The van der Waals surface area contributed by atoms with Gasteiger partial charge in [-0.1, -0.05) is 0 Å². The van der Waals surface area contributed by atoms with Gasteiger partial charge in [-0.25, -0.2) is 0 Å². The second-order valence-corrected chi connectivity index (χ2v) is 4.18. The molecule has 1 aromatic rings. The number of likely N-dealkylation sites (N-methyl/N-ethyl adjacent to an activating group) is 1. The molecule has 0 saturated carbocycles. The molecule has 1 aliphatic rings. The van der Waals surface area contributed by atoms with Crippen molar-refractivity contribution < 1.29 is 0 Å². The van der Waals surface area contributed by atoms with Crippen LogP contribution in [0.1, 0.15) is 16.7 Å². The fraction of sp³-hybridized carbons (Fsp3) is 0.455. The number of aromatic nitrogens is 1. The molecular weight excluding hydrogens is 204 g/mol. The number of anilines is 1. The van der Waals surface area contributed by atoms with Crippen molar-refractivity contribution in [3.05, 3.63) is 27.0 Å². The van der Waals surface area contributed by atoms with Gasteiger partial charge in [-0.2, -0.15) is 5.26 Å². The van der Waals surface area contributed by atoms with Gasteiger partial charge in [-0.05, 0) is 19.0 Å². The fourth-order valence-electron chi connectivity index (χ4n) is 2.13. The number of hydrogen-bond donors (Lipinski definition) is 1. The van der Waals surface area contributed by atoms with Crippen molar-refractivity contribution in [3.8, 4) is 6.07 Å². The van der Waals surface area contributed by atoms with E-state index < -0.39 is 0 Å². The third-order valence-electron chi connectivity index (χ3n) is 3.13. The molecule has 1 aromatic heterocycles. The van der Waals surface area contributed by atoms with Gasteiger partial charge in [0.1, 0.15) is 11.9 Å². The Hall–Kier alpha value is -1.80. The number of rotatable bonds is 0. The van der Waals surface area contributed by atoms with Gasteiger partial charge in [0.15, 0.2) is 0 Å². The maximum atomic E-state index is 12.0. The highest BCUT2D eigenvalue weighted by Gasteiger charge is 2.23.